The summed E-state index contributed by atoms with van der Waals surface area (Å²) in [4.78, 5) is 43.6. The zero-order valence-corrected chi connectivity index (χ0v) is 28.7. The molecule has 0 aromatic heterocycles. The van der Waals surface area contributed by atoms with Crippen LogP contribution in [0.25, 0.3) is 0 Å². The summed E-state index contributed by atoms with van der Waals surface area (Å²) < 4.78 is 11.5. The number of fused-ring (bicyclic) bond motifs is 7. The molecule has 5 saturated carbocycles. The topological polar surface area (TPSA) is 91.3 Å². The number of oxime groups is 1. The van der Waals surface area contributed by atoms with E-state index in [-0.39, 0.29) is 62.8 Å². The third kappa shape index (κ3) is 4.79. The lowest BCUT2D eigenvalue weighted by Crippen LogP contribution is -2.70. The zero-order chi connectivity index (χ0) is 31.8. The van der Waals surface area contributed by atoms with Crippen molar-refractivity contribution in [3.8, 4) is 0 Å². The van der Waals surface area contributed by atoms with Gasteiger partial charge in [0.2, 0.25) is 0 Å². The average Bonchev–Trinajstić information content (AvgIpc) is 2.93. The summed E-state index contributed by atoms with van der Waals surface area (Å²) in [6.45, 7) is 18.1. The predicted octanol–water partition coefficient (Wildman–Crippen LogP) is 7.72. The molecule has 242 valence electrons. The van der Waals surface area contributed by atoms with Crippen LogP contribution >= 0.6 is 11.6 Å². The van der Waals surface area contributed by atoms with E-state index < -0.39 is 11.4 Å². The van der Waals surface area contributed by atoms with Crippen LogP contribution in [0.15, 0.2) is 5.16 Å². The second-order valence-electron chi connectivity index (χ2n) is 16.9. The summed E-state index contributed by atoms with van der Waals surface area (Å²) >= 11 is 5.85. The van der Waals surface area contributed by atoms with E-state index in [4.69, 9.17) is 25.9 Å². The van der Waals surface area contributed by atoms with Gasteiger partial charge in [0.1, 0.15) is 12.0 Å². The lowest BCUT2D eigenvalue weighted by atomic mass is 9.31. The Hall–Kier alpha value is -1.63. The number of alkyl halides is 1. The van der Waals surface area contributed by atoms with Crippen molar-refractivity contribution >= 4 is 35.2 Å². The summed E-state index contributed by atoms with van der Waals surface area (Å²) in [6.07, 6.45) is 8.98. The van der Waals surface area contributed by atoms with Gasteiger partial charge in [0.05, 0.1) is 18.2 Å². The van der Waals surface area contributed by atoms with Gasteiger partial charge in [-0.25, -0.2) is 4.79 Å². The average molecular weight is 620 g/mol. The number of carbonyl (C=O) groups is 3. The molecule has 0 amide bonds. The first-order valence-corrected chi connectivity index (χ1v) is 17.0. The minimum Gasteiger partial charge on any atom is -0.469 e. The van der Waals surface area contributed by atoms with E-state index in [0.717, 1.165) is 69.9 Å². The minimum atomic E-state index is -0.557. The van der Waals surface area contributed by atoms with Crippen LogP contribution in [0.5, 0.6) is 0 Å². The molecular weight excluding hydrogens is 566 g/mol. The molecule has 0 aliphatic heterocycles. The summed E-state index contributed by atoms with van der Waals surface area (Å²) in [7, 11) is 1.52. The van der Waals surface area contributed by atoms with Gasteiger partial charge in [-0.05, 0) is 104 Å². The molecule has 0 heterocycles. The number of rotatable bonds is 4. The van der Waals surface area contributed by atoms with E-state index in [1.807, 2.05) is 0 Å². The first-order chi connectivity index (χ1) is 19.9. The van der Waals surface area contributed by atoms with Gasteiger partial charge in [-0.15, -0.1) is 11.6 Å². The van der Waals surface area contributed by atoms with Crippen LogP contribution in [0.1, 0.15) is 120 Å². The lowest BCUT2D eigenvalue weighted by Gasteiger charge is -2.73. The third-order valence-electron chi connectivity index (χ3n) is 14.2. The Morgan fingerprint density at radius 2 is 1.56 bits per heavy atom. The Labute approximate surface area is 263 Å². The van der Waals surface area contributed by atoms with E-state index in [2.05, 4.69) is 53.6 Å². The van der Waals surface area contributed by atoms with Gasteiger partial charge < -0.3 is 14.3 Å². The standard InChI is InChI=1S/C35H54ClNO6/c1-21(38)42-26-11-12-32(6)24(31(26,4)5)10-13-33(7)25(32)18-23(37-43-27(39)20-36)28-22-19-30(2,3)14-16-35(22,29(40)41-9)17-15-34(28,33)8/h22,24-26,28H,10-20H2,1-9H3/b37-23+/t22-,24-,25+,26-,28-,32-,33+,34+,35-/m0/s1. The molecule has 0 saturated heterocycles. The van der Waals surface area contributed by atoms with Crippen molar-refractivity contribution in [2.24, 2.45) is 61.3 Å². The van der Waals surface area contributed by atoms with Gasteiger partial charge in [-0.1, -0.05) is 53.6 Å². The number of methoxy groups -OCH3 is 1. The number of nitrogens with zero attached hydrogens (tertiary/aromatic N) is 1. The number of carbonyl (C=O) groups excluding carboxylic acids is 3. The van der Waals surface area contributed by atoms with Crippen LogP contribution in [0.2, 0.25) is 0 Å². The van der Waals surface area contributed by atoms with Crippen molar-refractivity contribution in [3.63, 3.8) is 0 Å². The first-order valence-electron chi connectivity index (χ1n) is 16.5. The number of ether oxygens (including phenoxy) is 2. The highest BCUT2D eigenvalue weighted by Gasteiger charge is 2.73. The van der Waals surface area contributed by atoms with E-state index >= 15 is 0 Å². The van der Waals surface area contributed by atoms with Gasteiger partial charge in [-0.3, -0.25) is 9.59 Å². The second-order valence-corrected chi connectivity index (χ2v) is 17.2. The molecule has 0 N–H and O–H groups in total. The van der Waals surface area contributed by atoms with Crippen molar-refractivity contribution in [3.05, 3.63) is 0 Å². The van der Waals surface area contributed by atoms with Crippen molar-refractivity contribution < 1.29 is 28.7 Å². The fourth-order valence-electron chi connectivity index (χ4n) is 11.9. The number of esters is 2. The van der Waals surface area contributed by atoms with Crippen molar-refractivity contribution in [2.75, 3.05) is 13.0 Å². The monoisotopic (exact) mass is 619 g/mol. The largest absolute Gasteiger partial charge is 0.469 e. The van der Waals surface area contributed by atoms with Crippen LogP contribution in [0, 0.1) is 56.2 Å². The molecule has 0 unspecified atom stereocenters. The lowest BCUT2D eigenvalue weighted by molar-refractivity contribution is -0.235. The highest BCUT2D eigenvalue weighted by Crippen LogP contribution is 2.76. The van der Waals surface area contributed by atoms with Gasteiger partial charge in [0.15, 0.2) is 0 Å². The van der Waals surface area contributed by atoms with Gasteiger partial charge in [0.25, 0.3) is 0 Å². The van der Waals surface area contributed by atoms with Crippen molar-refractivity contribution in [1.82, 2.24) is 0 Å². The normalized spacial score (nSPS) is 45.4. The van der Waals surface area contributed by atoms with E-state index in [9.17, 15) is 14.4 Å². The van der Waals surface area contributed by atoms with Gasteiger partial charge in [-0.2, -0.15) is 0 Å². The van der Waals surface area contributed by atoms with Gasteiger partial charge in [0, 0.05) is 18.3 Å². The molecule has 8 heteroatoms. The molecule has 5 fully saturated rings. The van der Waals surface area contributed by atoms with Crippen molar-refractivity contribution in [1.29, 1.82) is 0 Å². The molecule has 5 aliphatic carbocycles. The molecule has 0 radical (unpaired) electrons. The molecule has 0 aromatic rings. The maximum atomic E-state index is 13.7. The van der Waals surface area contributed by atoms with Crippen LogP contribution in [-0.2, 0) is 28.7 Å². The van der Waals surface area contributed by atoms with E-state index in [1.165, 1.54) is 14.0 Å². The summed E-state index contributed by atoms with van der Waals surface area (Å²) in [5.74, 6) is -0.404. The molecular formula is C35H54ClNO6. The predicted molar refractivity (Wildman–Crippen MR) is 166 cm³/mol. The van der Waals surface area contributed by atoms with E-state index in [0.29, 0.717) is 11.8 Å². The molecule has 43 heavy (non-hydrogen) atoms. The maximum Gasteiger partial charge on any atom is 0.349 e. The molecule has 5 rings (SSSR count). The molecule has 0 aromatic carbocycles. The Kier molecular flexibility index (Phi) is 8.17. The maximum absolute atomic E-state index is 13.7. The first kappa shape index (κ1) is 32.8. The Balaban J connectivity index is 1.64. The van der Waals surface area contributed by atoms with Crippen molar-refractivity contribution in [2.45, 2.75) is 126 Å². The second kappa shape index (κ2) is 10.7. The molecule has 0 bridgehead atoms. The van der Waals surface area contributed by atoms with Crippen LogP contribution in [-0.4, -0.2) is 42.7 Å². The van der Waals surface area contributed by atoms with Crippen LogP contribution < -0.4 is 0 Å². The quantitative estimate of drug-likeness (QED) is 0.138. The zero-order valence-electron chi connectivity index (χ0n) is 27.9. The highest BCUT2D eigenvalue weighted by molar-refractivity contribution is 6.26. The van der Waals surface area contributed by atoms with Crippen LogP contribution in [0.3, 0.4) is 0 Å². The summed E-state index contributed by atoms with van der Waals surface area (Å²) in [6, 6.07) is 0. The fourth-order valence-corrected chi connectivity index (χ4v) is 12.0. The summed E-state index contributed by atoms with van der Waals surface area (Å²) in [5, 5.41) is 4.68. The molecule has 0 spiro atoms. The summed E-state index contributed by atoms with van der Waals surface area (Å²) in [5.41, 5.74) is 0.107. The smallest absolute Gasteiger partial charge is 0.349 e. The number of hydrogen-bond acceptors (Lipinski definition) is 7. The van der Waals surface area contributed by atoms with Gasteiger partial charge >= 0.3 is 17.9 Å². The molecule has 5 aliphatic rings. The highest BCUT2D eigenvalue weighted by atomic mass is 35.5. The number of halogens is 1. The fraction of sp³-hybridized carbons (Fsp3) is 0.886. The number of hydrogen-bond donors (Lipinski definition) is 0. The Bertz CT molecular complexity index is 1200. The Morgan fingerprint density at radius 3 is 2.19 bits per heavy atom. The third-order valence-corrected chi connectivity index (χ3v) is 14.5. The SMILES string of the molecule is COC(=O)[C@]12CCC(C)(C)C[C@H]1[C@H]1/C(=N/OC(=O)CCl)C[C@@H]3[C@@]4(C)CC[C@H](OC(C)=O)C(C)(C)[C@@H]4CC[C@@]3(C)[C@]1(C)CC2. The molecule has 7 nitrogen and oxygen atoms in total. The minimum absolute atomic E-state index is 0.00477. The molecule has 9 atom stereocenters. The van der Waals surface area contributed by atoms with Crippen LogP contribution in [0.4, 0.5) is 0 Å². The Morgan fingerprint density at radius 1 is 0.884 bits per heavy atom. The van der Waals surface area contributed by atoms with E-state index in [1.54, 1.807) is 0 Å².